The Kier molecular flexibility index (Phi) is 22.9. The lowest BCUT2D eigenvalue weighted by Crippen LogP contribution is -2.27. The van der Waals surface area contributed by atoms with Gasteiger partial charge in [0.05, 0.1) is 12.3 Å². The predicted molar refractivity (Wildman–Crippen MR) is 177 cm³/mol. The zero-order chi connectivity index (χ0) is 30.2. The summed E-state index contributed by atoms with van der Waals surface area (Å²) in [7, 11) is 1.00. The van der Waals surface area contributed by atoms with Gasteiger partial charge < -0.3 is 20.5 Å². The zero-order valence-corrected chi connectivity index (χ0v) is 26.9. The highest BCUT2D eigenvalue weighted by Crippen LogP contribution is 2.31. The van der Waals surface area contributed by atoms with E-state index in [-0.39, 0.29) is 0 Å². The number of benzene rings is 2. The number of aliphatic hydroxyl groups is 1. The lowest BCUT2D eigenvalue weighted by Gasteiger charge is -2.27. The first kappa shape index (κ1) is 37.6. The summed E-state index contributed by atoms with van der Waals surface area (Å²) < 4.78 is 6.24. The largest absolute Gasteiger partial charge is 0.491 e. The van der Waals surface area contributed by atoms with E-state index in [0.29, 0.717) is 18.1 Å². The molecule has 6 heteroatoms. The van der Waals surface area contributed by atoms with Crippen LogP contribution in [0.4, 0.5) is 5.69 Å². The number of carbonyl (C=O) groups excluding carboxylic acids is 1. The van der Waals surface area contributed by atoms with Crippen molar-refractivity contribution in [1.29, 1.82) is 0 Å². The third-order valence-electron chi connectivity index (χ3n) is 6.72. The first-order valence-electron chi connectivity index (χ1n) is 15.1. The van der Waals surface area contributed by atoms with Crippen molar-refractivity contribution in [2.24, 2.45) is 11.7 Å². The molecule has 3 N–H and O–H groups in total. The Balaban J connectivity index is 0.00000363. The molecule has 40 heavy (non-hydrogen) atoms. The summed E-state index contributed by atoms with van der Waals surface area (Å²) >= 11 is 4.28. The van der Waals surface area contributed by atoms with E-state index in [1.54, 1.807) is 6.07 Å². The Morgan fingerprint density at radius 3 is 2.45 bits per heavy atom. The molecule has 0 aliphatic carbocycles. The van der Waals surface area contributed by atoms with Crippen LogP contribution < -0.4 is 15.4 Å². The Hall–Kier alpha value is -2.44. The van der Waals surface area contributed by atoms with E-state index in [1.165, 1.54) is 11.1 Å². The number of allylic oxidation sites excluding steroid dienone is 2. The summed E-state index contributed by atoms with van der Waals surface area (Å²) in [4.78, 5) is 14.2. The number of aliphatic hydroxyl groups excluding tert-OH is 1. The van der Waals surface area contributed by atoms with E-state index in [1.807, 2.05) is 26.0 Å². The van der Waals surface area contributed by atoms with E-state index in [2.05, 4.69) is 74.7 Å². The number of hydrogen-bond donors (Lipinski definition) is 3. The third-order valence-corrected chi connectivity index (χ3v) is 7.03. The van der Waals surface area contributed by atoms with Crippen molar-refractivity contribution in [3.8, 4) is 5.75 Å². The van der Waals surface area contributed by atoms with E-state index in [4.69, 9.17) is 15.6 Å². The number of carbonyl (C=O) groups is 1. The van der Waals surface area contributed by atoms with Crippen molar-refractivity contribution in [2.75, 3.05) is 37.5 Å². The van der Waals surface area contributed by atoms with Crippen LogP contribution in [-0.2, 0) is 6.42 Å². The maximum Gasteiger partial charge on any atom is 0.248 e. The molecule has 2 rings (SSSR count). The van der Waals surface area contributed by atoms with E-state index < -0.39 is 5.91 Å². The number of nitrogens with two attached hydrogens (primary N) is 1. The number of rotatable bonds is 18. The maximum atomic E-state index is 11.9. The second-order valence-corrected chi connectivity index (χ2v) is 10.0. The molecule has 1 amide bonds. The lowest BCUT2D eigenvalue weighted by atomic mass is 9.97. The highest BCUT2D eigenvalue weighted by Gasteiger charge is 2.16. The Morgan fingerprint density at radius 2 is 1.82 bits per heavy atom. The fourth-order valence-electron chi connectivity index (χ4n) is 4.41. The first-order chi connectivity index (χ1) is 19.5. The minimum atomic E-state index is -0.408. The van der Waals surface area contributed by atoms with Crippen LogP contribution in [0.5, 0.6) is 5.75 Å². The van der Waals surface area contributed by atoms with Crippen molar-refractivity contribution in [2.45, 2.75) is 86.0 Å². The molecule has 2 aromatic rings. The third kappa shape index (κ3) is 15.4. The van der Waals surface area contributed by atoms with Crippen LogP contribution in [-0.4, -0.2) is 43.6 Å². The van der Waals surface area contributed by atoms with Gasteiger partial charge in [0.25, 0.3) is 0 Å². The Morgan fingerprint density at radius 1 is 1.07 bits per heavy atom. The highest BCUT2D eigenvalue weighted by molar-refractivity contribution is 7.80. The normalized spacial score (nSPS) is 11.2. The van der Waals surface area contributed by atoms with Gasteiger partial charge in [-0.15, -0.1) is 0 Å². The molecule has 0 unspecified atom stereocenters. The molecule has 5 nitrogen and oxygen atoms in total. The van der Waals surface area contributed by atoms with Crippen LogP contribution in [0.25, 0.3) is 0 Å². The molecule has 0 aromatic heterocycles. The molecular formula is C34H56N2O3S. The molecule has 0 radical (unpaired) electrons. The van der Waals surface area contributed by atoms with Crippen molar-refractivity contribution in [1.82, 2.24) is 0 Å². The first-order valence-corrected chi connectivity index (χ1v) is 15.7. The molecule has 0 bridgehead atoms. The minimum absolute atomic E-state index is 0.408. The molecule has 0 spiro atoms. The number of amides is 1. The summed E-state index contributed by atoms with van der Waals surface area (Å²) in [6, 6.07) is 14.3. The molecule has 0 aliphatic rings. The Labute approximate surface area is 250 Å². The molecule has 0 fully saturated rings. The quantitative estimate of drug-likeness (QED) is 0.0960. The van der Waals surface area contributed by atoms with Gasteiger partial charge in [-0.25, -0.2) is 0 Å². The summed E-state index contributed by atoms with van der Waals surface area (Å²) in [5, 5.41) is 7.00. The molecule has 2 aromatic carbocycles. The molecule has 0 aliphatic heterocycles. The fourth-order valence-corrected chi connectivity index (χ4v) is 4.59. The van der Waals surface area contributed by atoms with Crippen LogP contribution in [0.15, 0.2) is 54.6 Å². The van der Waals surface area contributed by atoms with Gasteiger partial charge in [0, 0.05) is 25.8 Å². The second-order valence-electron chi connectivity index (χ2n) is 9.56. The van der Waals surface area contributed by atoms with Crippen LogP contribution in [0.1, 0.15) is 94.1 Å². The van der Waals surface area contributed by atoms with Gasteiger partial charge in [-0.3, -0.25) is 4.79 Å². The minimum Gasteiger partial charge on any atom is -0.491 e. The summed E-state index contributed by atoms with van der Waals surface area (Å²) in [5.41, 5.74) is 9.77. The van der Waals surface area contributed by atoms with Gasteiger partial charge in [0.15, 0.2) is 0 Å². The number of ether oxygens (including phenoxy) is 1. The molecular weight excluding hydrogens is 516 g/mol. The van der Waals surface area contributed by atoms with E-state index in [9.17, 15) is 4.79 Å². The van der Waals surface area contributed by atoms with Gasteiger partial charge in [-0.1, -0.05) is 69.2 Å². The monoisotopic (exact) mass is 572 g/mol. The molecule has 226 valence electrons. The number of aryl methyl sites for hydroxylation is 2. The van der Waals surface area contributed by atoms with Crippen LogP contribution in [0.3, 0.4) is 0 Å². The number of primary amides is 1. The van der Waals surface area contributed by atoms with Gasteiger partial charge in [-0.2, -0.15) is 12.6 Å². The number of anilines is 1. The highest BCUT2D eigenvalue weighted by atomic mass is 32.1. The van der Waals surface area contributed by atoms with Crippen molar-refractivity contribution >= 4 is 24.2 Å². The van der Waals surface area contributed by atoms with Gasteiger partial charge >= 0.3 is 0 Å². The lowest BCUT2D eigenvalue weighted by molar-refractivity contribution is 0.1000. The molecule has 0 heterocycles. The number of nitrogens with zero attached hydrogens (tertiary/aromatic N) is 1. The number of unbranched alkanes of at least 4 members (excludes halogenated alkanes) is 2. The summed E-state index contributed by atoms with van der Waals surface area (Å²) in [6.07, 6.45) is 13.3. The zero-order valence-electron chi connectivity index (χ0n) is 26.0. The topological polar surface area (TPSA) is 75.8 Å². The molecule has 1 atom stereocenters. The number of hydrogen-bond acceptors (Lipinski definition) is 5. The van der Waals surface area contributed by atoms with Gasteiger partial charge in [0.2, 0.25) is 5.91 Å². The standard InChI is InChI=1S/C31H46N2O2S.C2H6.CH4O/c1-4-26(14-8-6-7-11-22-36)19-20-33(5-2)29-24-28(31(32)34)17-18-30(29)35-21-10-9-15-27-16-12-13-25(3)23-27;2*1-2/h6,8,12-13,16-18,23-24,26,36H,4-5,7,9-11,14-15,19-22H2,1-3H3,(H2,32,34);1-2H3;2H,1H3/b8-6+;;/t26-;;/m0../s1. The van der Waals surface area contributed by atoms with Gasteiger partial charge in [0.1, 0.15) is 5.75 Å². The second kappa shape index (κ2) is 24.4. The SMILES string of the molecule is CC.CC[C@@H](C/C=C/CCCS)CCN(CC)c1cc(C(N)=O)ccc1OCCCCc1cccc(C)c1.CO. The predicted octanol–water partition coefficient (Wildman–Crippen LogP) is 8.03. The average molecular weight is 573 g/mol. The number of thiol groups is 1. The summed E-state index contributed by atoms with van der Waals surface area (Å²) in [5.74, 6) is 2.00. The van der Waals surface area contributed by atoms with Crippen molar-refractivity contribution < 1.29 is 14.6 Å². The maximum absolute atomic E-state index is 11.9. The smallest absolute Gasteiger partial charge is 0.248 e. The molecule has 0 saturated heterocycles. The van der Waals surface area contributed by atoms with E-state index in [0.717, 1.165) is 88.8 Å². The molecule has 0 saturated carbocycles. The van der Waals surface area contributed by atoms with Crippen LogP contribution in [0.2, 0.25) is 0 Å². The average Bonchev–Trinajstić information content (AvgIpc) is 2.98. The Bertz CT molecular complexity index is 949. The van der Waals surface area contributed by atoms with E-state index >= 15 is 0 Å². The fraction of sp³-hybridized carbons (Fsp3) is 0.559. The summed E-state index contributed by atoms with van der Waals surface area (Å²) in [6.45, 7) is 13.0. The van der Waals surface area contributed by atoms with Crippen molar-refractivity contribution in [3.05, 3.63) is 71.3 Å². The van der Waals surface area contributed by atoms with Crippen molar-refractivity contribution in [3.63, 3.8) is 0 Å². The van der Waals surface area contributed by atoms with Crippen LogP contribution >= 0.6 is 12.6 Å². The van der Waals surface area contributed by atoms with Crippen LogP contribution in [0, 0.1) is 12.8 Å². The van der Waals surface area contributed by atoms with Gasteiger partial charge in [-0.05, 0) is 94.2 Å².